The molecule has 1 fully saturated rings. The molecule has 0 aromatic heterocycles. The highest BCUT2D eigenvalue weighted by molar-refractivity contribution is 5.85. The lowest BCUT2D eigenvalue weighted by Gasteiger charge is -2.33. The highest BCUT2D eigenvalue weighted by Crippen LogP contribution is 2.21. The second kappa shape index (κ2) is 12.5. The molecule has 1 aliphatic carbocycles. The first kappa shape index (κ1) is 25.0. The molecule has 156 valence electrons. The van der Waals surface area contributed by atoms with Gasteiger partial charge in [0.15, 0.2) is 0 Å². The Morgan fingerprint density at radius 1 is 0.821 bits per heavy atom. The lowest BCUT2D eigenvalue weighted by atomic mass is 9.89. The molecule has 4 heteroatoms. The summed E-state index contributed by atoms with van der Waals surface area (Å²) in [5.74, 6) is 0.602. The van der Waals surface area contributed by atoms with Gasteiger partial charge < -0.3 is 10.6 Å². The molecule has 1 saturated carbocycles. The Hall–Kier alpha value is -1.06. The first-order chi connectivity index (χ1) is 12.6. The van der Waals surface area contributed by atoms with Gasteiger partial charge in [-0.05, 0) is 47.9 Å². The van der Waals surface area contributed by atoms with Gasteiger partial charge >= 0.3 is 0 Å². The Balaban J connectivity index is 0.00000196. The number of hydrogen-bond donors (Lipinski definition) is 2. The summed E-state index contributed by atoms with van der Waals surface area (Å²) >= 11 is 0. The van der Waals surface area contributed by atoms with Crippen LogP contribution in [0.15, 0.2) is 48.5 Å². The minimum atomic E-state index is 0. The molecule has 2 aromatic rings. The van der Waals surface area contributed by atoms with E-state index in [1.165, 1.54) is 47.9 Å². The van der Waals surface area contributed by atoms with Crippen LogP contribution in [-0.2, 0) is 13.1 Å². The molecule has 2 nitrogen and oxygen atoms in total. The zero-order valence-electron chi connectivity index (χ0n) is 17.4. The van der Waals surface area contributed by atoms with Crippen molar-refractivity contribution in [2.75, 3.05) is 0 Å². The maximum atomic E-state index is 3.83. The Kier molecular flexibility index (Phi) is 11.1. The fourth-order valence-corrected chi connectivity index (χ4v) is 3.94. The summed E-state index contributed by atoms with van der Waals surface area (Å²) < 4.78 is 0. The molecule has 28 heavy (non-hydrogen) atoms. The van der Waals surface area contributed by atoms with Gasteiger partial charge in [0, 0.05) is 25.2 Å². The van der Waals surface area contributed by atoms with E-state index >= 15 is 0 Å². The number of rotatable bonds is 7. The van der Waals surface area contributed by atoms with Gasteiger partial charge in [-0.15, -0.1) is 24.8 Å². The van der Waals surface area contributed by atoms with Gasteiger partial charge in [0.05, 0.1) is 0 Å². The maximum absolute atomic E-state index is 3.83. The van der Waals surface area contributed by atoms with Crippen molar-refractivity contribution in [1.29, 1.82) is 0 Å². The maximum Gasteiger partial charge on any atom is 0.0224 e. The summed E-state index contributed by atoms with van der Waals surface area (Å²) in [6.07, 6.45) is 5.23. The molecule has 2 unspecified atom stereocenters. The summed E-state index contributed by atoms with van der Waals surface area (Å²) in [7, 11) is 0. The molecule has 2 N–H and O–H groups in total. The standard InChI is InChI=1S/C24H34N2.2ClH/c1-18(2)21-14-12-20(13-15-21)16-25-23-10-6-7-11-24(23)26-17-22-9-5-4-8-19(22)3;;/h4-5,8-9,12-15,18,23-26H,6-7,10-11,16-17H2,1-3H3;2*1H. The van der Waals surface area contributed by atoms with Crippen LogP contribution in [0.1, 0.15) is 67.7 Å². The topological polar surface area (TPSA) is 24.1 Å². The second-order valence-electron chi connectivity index (χ2n) is 8.08. The summed E-state index contributed by atoms with van der Waals surface area (Å²) in [6, 6.07) is 18.9. The Bertz CT molecular complexity index is 685. The third kappa shape index (κ3) is 7.08. The van der Waals surface area contributed by atoms with Crippen LogP contribution >= 0.6 is 24.8 Å². The van der Waals surface area contributed by atoms with Crippen molar-refractivity contribution in [2.24, 2.45) is 0 Å². The fourth-order valence-electron chi connectivity index (χ4n) is 3.94. The molecule has 0 aliphatic heterocycles. The summed E-state index contributed by atoms with van der Waals surface area (Å²) in [6.45, 7) is 8.64. The number of hydrogen-bond acceptors (Lipinski definition) is 2. The van der Waals surface area contributed by atoms with E-state index in [1.807, 2.05) is 0 Å². The highest BCUT2D eigenvalue weighted by Gasteiger charge is 2.24. The minimum Gasteiger partial charge on any atom is -0.308 e. The number of aryl methyl sites for hydroxylation is 1. The van der Waals surface area contributed by atoms with Crippen molar-refractivity contribution in [3.63, 3.8) is 0 Å². The van der Waals surface area contributed by atoms with Crippen molar-refractivity contribution >= 4 is 24.8 Å². The predicted octanol–water partition coefficient (Wildman–Crippen LogP) is 6.15. The SMILES string of the molecule is Cc1ccccc1CNC1CCCCC1NCc1ccc(C(C)C)cc1.Cl.Cl. The molecule has 0 radical (unpaired) electrons. The lowest BCUT2D eigenvalue weighted by Crippen LogP contribution is -2.49. The molecule has 0 spiro atoms. The first-order valence-electron chi connectivity index (χ1n) is 10.2. The van der Waals surface area contributed by atoms with Gasteiger partial charge in [-0.2, -0.15) is 0 Å². The predicted molar refractivity (Wildman–Crippen MR) is 126 cm³/mol. The minimum absolute atomic E-state index is 0. The largest absolute Gasteiger partial charge is 0.308 e. The Morgan fingerprint density at radius 2 is 1.39 bits per heavy atom. The number of nitrogens with one attached hydrogen (secondary N) is 2. The molecule has 1 aliphatic rings. The molecular weight excluding hydrogens is 387 g/mol. The fraction of sp³-hybridized carbons (Fsp3) is 0.500. The highest BCUT2D eigenvalue weighted by atomic mass is 35.5. The molecule has 2 atom stereocenters. The molecule has 0 amide bonds. The normalized spacial score (nSPS) is 19.0. The molecular formula is C24H36Cl2N2. The van der Waals surface area contributed by atoms with E-state index in [4.69, 9.17) is 0 Å². The number of halogens is 2. The van der Waals surface area contributed by atoms with Crippen LogP contribution in [-0.4, -0.2) is 12.1 Å². The molecule has 3 rings (SSSR count). The van der Waals surface area contributed by atoms with E-state index in [2.05, 4.69) is 79.9 Å². The van der Waals surface area contributed by atoms with Gasteiger partial charge in [0.25, 0.3) is 0 Å². The third-order valence-electron chi connectivity index (χ3n) is 5.80. The van der Waals surface area contributed by atoms with Crippen LogP contribution in [0.4, 0.5) is 0 Å². The van der Waals surface area contributed by atoms with Crippen LogP contribution in [0.2, 0.25) is 0 Å². The zero-order valence-corrected chi connectivity index (χ0v) is 19.0. The van der Waals surface area contributed by atoms with E-state index < -0.39 is 0 Å². The van der Waals surface area contributed by atoms with Crippen LogP contribution in [0.3, 0.4) is 0 Å². The molecule has 0 bridgehead atoms. The summed E-state index contributed by atoms with van der Waals surface area (Å²) in [4.78, 5) is 0. The average molecular weight is 423 g/mol. The van der Waals surface area contributed by atoms with Gasteiger partial charge in [0.2, 0.25) is 0 Å². The Morgan fingerprint density at radius 3 is 1.96 bits per heavy atom. The van der Waals surface area contributed by atoms with Gasteiger partial charge in [-0.25, -0.2) is 0 Å². The van der Waals surface area contributed by atoms with E-state index in [0.717, 1.165) is 13.1 Å². The van der Waals surface area contributed by atoms with E-state index in [-0.39, 0.29) is 24.8 Å². The van der Waals surface area contributed by atoms with Crippen molar-refractivity contribution in [3.05, 3.63) is 70.8 Å². The summed E-state index contributed by atoms with van der Waals surface area (Å²) in [5.41, 5.74) is 5.61. The summed E-state index contributed by atoms with van der Waals surface area (Å²) in [5, 5.41) is 7.65. The molecule has 0 saturated heterocycles. The van der Waals surface area contributed by atoms with E-state index in [1.54, 1.807) is 0 Å². The van der Waals surface area contributed by atoms with Gasteiger partial charge in [-0.3, -0.25) is 0 Å². The van der Waals surface area contributed by atoms with Crippen molar-refractivity contribution < 1.29 is 0 Å². The Labute approximate surface area is 183 Å². The van der Waals surface area contributed by atoms with Crippen LogP contribution in [0.5, 0.6) is 0 Å². The van der Waals surface area contributed by atoms with E-state index in [9.17, 15) is 0 Å². The molecule has 0 heterocycles. The van der Waals surface area contributed by atoms with Crippen LogP contribution in [0, 0.1) is 6.92 Å². The lowest BCUT2D eigenvalue weighted by molar-refractivity contribution is 0.281. The van der Waals surface area contributed by atoms with Gasteiger partial charge in [-0.1, -0.05) is 75.2 Å². The van der Waals surface area contributed by atoms with Crippen LogP contribution in [0.25, 0.3) is 0 Å². The average Bonchev–Trinajstić information content (AvgIpc) is 2.66. The van der Waals surface area contributed by atoms with Crippen molar-refractivity contribution in [3.8, 4) is 0 Å². The van der Waals surface area contributed by atoms with E-state index in [0.29, 0.717) is 18.0 Å². The smallest absolute Gasteiger partial charge is 0.0224 e. The van der Waals surface area contributed by atoms with Crippen LogP contribution < -0.4 is 10.6 Å². The van der Waals surface area contributed by atoms with Crippen molar-refractivity contribution in [2.45, 2.75) is 77.5 Å². The third-order valence-corrected chi connectivity index (χ3v) is 5.80. The van der Waals surface area contributed by atoms with Crippen molar-refractivity contribution in [1.82, 2.24) is 10.6 Å². The van der Waals surface area contributed by atoms with Gasteiger partial charge in [0.1, 0.15) is 0 Å². The quantitative estimate of drug-likeness (QED) is 0.558. The first-order valence-corrected chi connectivity index (χ1v) is 10.2. The second-order valence-corrected chi connectivity index (χ2v) is 8.08. The number of benzene rings is 2. The molecule has 2 aromatic carbocycles. The monoisotopic (exact) mass is 422 g/mol. The zero-order chi connectivity index (χ0) is 18.4.